The van der Waals surface area contributed by atoms with Crippen LogP contribution in [0, 0.1) is 0 Å². The highest BCUT2D eigenvalue weighted by atomic mass is 32.2. The van der Waals surface area contributed by atoms with E-state index in [2.05, 4.69) is 17.4 Å². The molecule has 1 aliphatic carbocycles. The van der Waals surface area contributed by atoms with Gasteiger partial charge in [-0.15, -0.1) is 0 Å². The molecule has 1 aliphatic heterocycles. The molecule has 3 N–H and O–H groups in total. The summed E-state index contributed by atoms with van der Waals surface area (Å²) in [5.41, 5.74) is 2.51. The fraction of sp³-hybridized carbons (Fsp3) is 0.375. The zero-order valence-electron chi connectivity index (χ0n) is 18.2. The highest BCUT2D eigenvalue weighted by molar-refractivity contribution is 7.98. The molecular weight excluding hydrogens is 444 g/mol. The van der Waals surface area contributed by atoms with E-state index in [0.717, 1.165) is 22.3 Å². The van der Waals surface area contributed by atoms with E-state index < -0.39 is 29.6 Å². The Labute approximate surface area is 195 Å². The second-order valence-corrected chi connectivity index (χ2v) is 9.32. The van der Waals surface area contributed by atoms with Crippen LogP contribution in [-0.2, 0) is 14.3 Å². The third-order valence-electron chi connectivity index (χ3n) is 6.16. The summed E-state index contributed by atoms with van der Waals surface area (Å²) in [5.74, 6) is -1.26. The van der Waals surface area contributed by atoms with Crippen molar-refractivity contribution in [3.8, 4) is 11.1 Å². The van der Waals surface area contributed by atoms with E-state index in [0.29, 0.717) is 12.2 Å². The Morgan fingerprint density at radius 1 is 1.12 bits per heavy atom. The van der Waals surface area contributed by atoms with Crippen molar-refractivity contribution in [1.29, 1.82) is 0 Å². The topological polar surface area (TPSA) is 116 Å². The first-order chi connectivity index (χ1) is 15.8. The minimum atomic E-state index is -1.93. The number of hydrogen-bond donors (Lipinski definition) is 3. The molecule has 0 saturated carbocycles. The Bertz CT molecular complexity index is 1020. The first-order valence-electron chi connectivity index (χ1n) is 10.7. The smallest absolute Gasteiger partial charge is 0.407 e. The SMILES string of the molecule is CSCC[C@H](NC(=O)OCC1c2ccccc2-c2ccccc21)C(=O)N1CC(O)(C(=O)O)C1. The van der Waals surface area contributed by atoms with E-state index in [1.54, 1.807) is 0 Å². The highest BCUT2D eigenvalue weighted by Crippen LogP contribution is 2.44. The number of rotatable bonds is 8. The molecule has 0 radical (unpaired) electrons. The number of amides is 2. The number of thioether (sulfide) groups is 1. The molecule has 1 fully saturated rings. The van der Waals surface area contributed by atoms with E-state index in [-0.39, 0.29) is 25.6 Å². The molecule has 2 aromatic carbocycles. The largest absolute Gasteiger partial charge is 0.479 e. The minimum absolute atomic E-state index is 0.0931. The summed E-state index contributed by atoms with van der Waals surface area (Å²) in [5, 5.41) is 21.6. The van der Waals surface area contributed by atoms with Gasteiger partial charge in [0.05, 0.1) is 13.1 Å². The van der Waals surface area contributed by atoms with Crippen LogP contribution in [0.15, 0.2) is 48.5 Å². The molecule has 8 nitrogen and oxygen atoms in total. The molecule has 174 valence electrons. The lowest BCUT2D eigenvalue weighted by Crippen LogP contribution is -2.69. The zero-order chi connectivity index (χ0) is 23.6. The summed E-state index contributed by atoms with van der Waals surface area (Å²) >= 11 is 1.53. The Morgan fingerprint density at radius 2 is 1.70 bits per heavy atom. The predicted octanol–water partition coefficient (Wildman–Crippen LogP) is 2.30. The number of alkyl carbamates (subject to hydrolysis) is 1. The number of carbonyl (C=O) groups excluding carboxylic acids is 2. The number of aliphatic carboxylic acids is 1. The number of nitrogens with one attached hydrogen (secondary N) is 1. The van der Waals surface area contributed by atoms with Gasteiger partial charge in [0, 0.05) is 5.92 Å². The number of carboxylic acids is 1. The second-order valence-electron chi connectivity index (χ2n) is 8.33. The van der Waals surface area contributed by atoms with Crippen molar-refractivity contribution >= 4 is 29.7 Å². The molecule has 0 unspecified atom stereocenters. The van der Waals surface area contributed by atoms with Gasteiger partial charge in [-0.25, -0.2) is 9.59 Å². The zero-order valence-corrected chi connectivity index (χ0v) is 19.0. The standard InChI is InChI=1S/C24H26N2O6S/c1-33-11-10-20(21(27)26-13-24(31,14-26)22(28)29)25-23(30)32-12-19-17-8-4-2-6-15(17)16-7-3-5-9-18(16)19/h2-9,19-20,31H,10-14H2,1H3,(H,25,30)(H,28,29)/t20-/m0/s1. The van der Waals surface area contributed by atoms with Crippen LogP contribution in [0.1, 0.15) is 23.5 Å². The van der Waals surface area contributed by atoms with Crippen molar-refractivity contribution in [1.82, 2.24) is 10.2 Å². The van der Waals surface area contributed by atoms with E-state index in [1.165, 1.54) is 16.7 Å². The van der Waals surface area contributed by atoms with Crippen molar-refractivity contribution in [3.63, 3.8) is 0 Å². The maximum absolute atomic E-state index is 12.8. The molecule has 1 atom stereocenters. The Kier molecular flexibility index (Phi) is 6.62. The summed E-state index contributed by atoms with van der Waals surface area (Å²) in [6, 6.07) is 15.2. The van der Waals surface area contributed by atoms with Gasteiger partial charge in [0.15, 0.2) is 5.60 Å². The maximum atomic E-state index is 12.8. The van der Waals surface area contributed by atoms with E-state index in [1.807, 2.05) is 42.7 Å². The predicted molar refractivity (Wildman–Crippen MR) is 124 cm³/mol. The highest BCUT2D eigenvalue weighted by Gasteiger charge is 2.51. The maximum Gasteiger partial charge on any atom is 0.407 e. The average molecular weight is 471 g/mol. The van der Waals surface area contributed by atoms with Gasteiger partial charge in [-0.2, -0.15) is 11.8 Å². The second kappa shape index (κ2) is 9.44. The number of fused-ring (bicyclic) bond motifs is 3. The number of carboxylic acid groups (broad SMARTS) is 1. The van der Waals surface area contributed by atoms with Crippen LogP contribution in [0.3, 0.4) is 0 Å². The van der Waals surface area contributed by atoms with Crippen molar-refractivity contribution in [3.05, 3.63) is 59.7 Å². The normalized spacial score (nSPS) is 16.8. The molecule has 0 spiro atoms. The molecule has 1 saturated heterocycles. The van der Waals surface area contributed by atoms with Crippen molar-refractivity contribution in [2.75, 3.05) is 31.7 Å². The van der Waals surface area contributed by atoms with Crippen molar-refractivity contribution in [2.45, 2.75) is 24.0 Å². The molecule has 2 aromatic rings. The molecular formula is C24H26N2O6S. The molecule has 0 bridgehead atoms. The van der Waals surface area contributed by atoms with Gasteiger partial charge >= 0.3 is 12.1 Å². The van der Waals surface area contributed by atoms with Gasteiger partial charge in [-0.3, -0.25) is 4.79 Å². The molecule has 9 heteroatoms. The van der Waals surface area contributed by atoms with Gasteiger partial charge < -0.3 is 25.2 Å². The van der Waals surface area contributed by atoms with Gasteiger partial charge in [-0.1, -0.05) is 48.5 Å². The molecule has 2 amide bonds. The molecule has 4 rings (SSSR count). The van der Waals surface area contributed by atoms with Crippen molar-refractivity contribution in [2.24, 2.45) is 0 Å². The monoisotopic (exact) mass is 470 g/mol. The van der Waals surface area contributed by atoms with Crippen LogP contribution < -0.4 is 5.32 Å². The Morgan fingerprint density at radius 3 is 2.24 bits per heavy atom. The number of nitrogens with zero attached hydrogens (tertiary/aromatic N) is 1. The van der Waals surface area contributed by atoms with Crippen LogP contribution in [0.25, 0.3) is 11.1 Å². The van der Waals surface area contributed by atoms with Gasteiger partial charge in [-0.05, 0) is 40.7 Å². The number of aliphatic hydroxyl groups is 1. The van der Waals surface area contributed by atoms with Crippen LogP contribution in [-0.4, -0.2) is 76.4 Å². The summed E-state index contributed by atoms with van der Waals surface area (Å²) in [6.07, 6.45) is 1.55. The Balaban J connectivity index is 1.39. The lowest BCUT2D eigenvalue weighted by Gasteiger charge is -2.44. The summed E-state index contributed by atoms with van der Waals surface area (Å²) in [6.45, 7) is -0.474. The van der Waals surface area contributed by atoms with Crippen LogP contribution in [0.2, 0.25) is 0 Å². The quantitative estimate of drug-likeness (QED) is 0.542. The number of ether oxygens (including phenoxy) is 1. The van der Waals surface area contributed by atoms with Gasteiger partial charge in [0.25, 0.3) is 0 Å². The fourth-order valence-electron chi connectivity index (χ4n) is 4.37. The summed E-state index contributed by atoms with van der Waals surface area (Å²) in [4.78, 5) is 37.8. The number of carbonyl (C=O) groups is 3. The summed E-state index contributed by atoms with van der Waals surface area (Å²) in [7, 11) is 0. The van der Waals surface area contributed by atoms with Crippen LogP contribution >= 0.6 is 11.8 Å². The van der Waals surface area contributed by atoms with Gasteiger partial charge in [0.2, 0.25) is 5.91 Å². The average Bonchev–Trinajstić information content (AvgIpc) is 3.11. The Hall–Kier alpha value is -3.04. The lowest BCUT2D eigenvalue weighted by molar-refractivity contribution is -0.182. The van der Waals surface area contributed by atoms with Crippen LogP contribution in [0.4, 0.5) is 4.79 Å². The fourth-order valence-corrected chi connectivity index (χ4v) is 4.84. The van der Waals surface area contributed by atoms with E-state index >= 15 is 0 Å². The third-order valence-corrected chi connectivity index (χ3v) is 6.80. The van der Waals surface area contributed by atoms with Gasteiger partial charge in [0.1, 0.15) is 12.6 Å². The van der Waals surface area contributed by atoms with E-state index in [4.69, 9.17) is 9.84 Å². The first kappa shape index (κ1) is 23.1. The van der Waals surface area contributed by atoms with E-state index in [9.17, 15) is 19.5 Å². The third kappa shape index (κ3) is 4.56. The molecule has 33 heavy (non-hydrogen) atoms. The number of hydrogen-bond acceptors (Lipinski definition) is 6. The lowest BCUT2D eigenvalue weighted by atomic mass is 9.93. The first-order valence-corrected chi connectivity index (χ1v) is 12.1. The molecule has 1 heterocycles. The summed E-state index contributed by atoms with van der Waals surface area (Å²) < 4.78 is 5.54. The van der Waals surface area contributed by atoms with Crippen molar-refractivity contribution < 1.29 is 29.3 Å². The van der Waals surface area contributed by atoms with Crippen LogP contribution in [0.5, 0.6) is 0 Å². The molecule has 0 aromatic heterocycles. The molecule has 2 aliphatic rings. The minimum Gasteiger partial charge on any atom is -0.479 e. The number of likely N-dealkylation sites (tertiary alicyclic amines) is 1. The number of β-amino-alcohol motifs (C(OH)–C–C–N with tert-alkyl or cyclic N) is 1. The number of benzene rings is 2.